The lowest BCUT2D eigenvalue weighted by atomic mass is 9.79. The van der Waals surface area contributed by atoms with E-state index >= 15 is 0 Å². The molecule has 0 saturated heterocycles. The number of nitrogens with one attached hydrogen (secondary N) is 3. The molecule has 5 aliphatic rings. The largest absolute Gasteiger partial charge is 0.506 e. The van der Waals surface area contributed by atoms with Crippen LogP contribution < -0.4 is 26.5 Å². The van der Waals surface area contributed by atoms with E-state index in [-0.39, 0.29) is 17.1 Å². The van der Waals surface area contributed by atoms with Crippen LogP contribution in [0.3, 0.4) is 0 Å². The third kappa shape index (κ3) is 3.78. The van der Waals surface area contributed by atoms with Crippen LogP contribution in [0.2, 0.25) is 0 Å². The molecule has 6 nitrogen and oxygen atoms in total. The number of carbonyl (C=O) groups is 1. The molecule has 2 atom stereocenters. The van der Waals surface area contributed by atoms with Crippen LogP contribution in [0.1, 0.15) is 38.9 Å². The van der Waals surface area contributed by atoms with E-state index < -0.39 is 11.3 Å². The minimum absolute atomic E-state index is 0.0190. The highest BCUT2D eigenvalue weighted by Gasteiger charge is 2.49. The lowest BCUT2D eigenvalue weighted by Crippen LogP contribution is -2.45. The molecule has 274 valence electrons. The first-order valence-corrected chi connectivity index (χ1v) is 19.8. The number of allylic oxidation sites excluding steroid dienone is 2. The molecule has 2 unspecified atom stereocenters. The number of fused-ring (bicyclic) bond motifs is 10. The summed E-state index contributed by atoms with van der Waals surface area (Å²) >= 11 is 0. The minimum Gasteiger partial charge on any atom is -0.506 e. The average molecular weight is 747 g/mol. The van der Waals surface area contributed by atoms with Crippen molar-refractivity contribution in [1.82, 2.24) is 0 Å². The highest BCUT2D eigenvalue weighted by molar-refractivity contribution is 6.52. The van der Waals surface area contributed by atoms with E-state index in [1.807, 2.05) is 24.3 Å². The van der Waals surface area contributed by atoms with Gasteiger partial charge < -0.3 is 21.1 Å². The first-order chi connectivity index (χ1) is 28.3. The number of ketones is 1. The molecular formula is C52H34N4O2. The fraction of sp³-hybridized carbons (Fsp3) is 0.0769. The Labute approximate surface area is 333 Å². The Morgan fingerprint density at radius 1 is 0.517 bits per heavy atom. The molecule has 6 heteroatoms. The van der Waals surface area contributed by atoms with Gasteiger partial charge in [-0.3, -0.25) is 4.79 Å². The number of carbonyl (C=O) groups excluding carboxylic acids is 1. The molecule has 0 fully saturated rings. The van der Waals surface area contributed by atoms with E-state index in [4.69, 9.17) is 4.99 Å². The molecule has 8 aromatic carbocycles. The summed E-state index contributed by atoms with van der Waals surface area (Å²) in [7, 11) is 0. The Balaban J connectivity index is 1.06. The normalized spacial score (nSPS) is 20.8. The number of aliphatic hydroxyl groups excluding tert-OH is 1. The van der Waals surface area contributed by atoms with Gasteiger partial charge in [-0.1, -0.05) is 145 Å². The second kappa shape index (κ2) is 10.7. The molecule has 0 aromatic heterocycles. The van der Waals surface area contributed by atoms with Gasteiger partial charge in [-0.05, 0) is 59.0 Å². The Morgan fingerprint density at radius 3 is 1.88 bits per heavy atom. The smallest absolute Gasteiger partial charge is 0.201 e. The maximum absolute atomic E-state index is 14.9. The molecular weight excluding hydrogens is 713 g/mol. The third-order valence-corrected chi connectivity index (χ3v) is 13.1. The standard InChI is InChI=1S/C52H34N4O2/c1-27-17-21-33-31-11-3-5-13-37(31)51(39(33)25-27)53-41-15-7-9-29-19-23-35(47(55-51)43(29)41)45-49(57)46(50(45)58)36-24-20-30-10-8-16-42-44(30)48(36)56-52(54-42)38-14-6-4-12-32(38)34-22-18-28(2)26-40(34)52/h3-26,53-55,57H,1-2H3. The van der Waals surface area contributed by atoms with Crippen molar-refractivity contribution in [3.05, 3.63) is 201 Å². The number of benzene rings is 8. The van der Waals surface area contributed by atoms with Crippen molar-refractivity contribution in [2.45, 2.75) is 25.2 Å². The van der Waals surface area contributed by atoms with E-state index in [1.165, 1.54) is 0 Å². The highest BCUT2D eigenvalue weighted by Crippen LogP contribution is 2.56. The van der Waals surface area contributed by atoms with Gasteiger partial charge in [-0.2, -0.15) is 0 Å². The summed E-state index contributed by atoms with van der Waals surface area (Å²) in [6, 6.07) is 50.5. The van der Waals surface area contributed by atoms with Gasteiger partial charge >= 0.3 is 0 Å². The number of hydrogen-bond acceptors (Lipinski definition) is 6. The Hall–Kier alpha value is -7.44. The van der Waals surface area contributed by atoms with Gasteiger partial charge in [-0.25, -0.2) is 4.99 Å². The average Bonchev–Trinajstić information content (AvgIpc) is 3.64. The minimum atomic E-state index is -0.915. The summed E-state index contributed by atoms with van der Waals surface area (Å²) in [5.74, 6) is -0.226. The molecule has 3 aliphatic carbocycles. The highest BCUT2D eigenvalue weighted by atomic mass is 16.3. The molecule has 8 aromatic rings. The monoisotopic (exact) mass is 746 g/mol. The van der Waals surface area contributed by atoms with Crippen LogP contribution in [0.25, 0.3) is 54.9 Å². The SMILES string of the molecule is Cc1ccc2c(c1)C1(N=c3c(=C4C(=O)C(c5ccc6cccc7c6c5NC5(N7)c6ccccc6-c6ccc(C)cc65)=C4O)ccc4cccc(c34)N1)c1ccccc1-2. The number of aliphatic hydroxyl groups is 1. The number of aryl methyl sites for hydroxylation is 2. The van der Waals surface area contributed by atoms with Crippen molar-refractivity contribution in [3.8, 4) is 22.3 Å². The van der Waals surface area contributed by atoms with Gasteiger partial charge in [0.05, 0.1) is 22.2 Å². The molecule has 2 aliphatic heterocycles. The number of nitrogens with zero attached hydrogens (tertiary/aromatic N) is 1. The zero-order chi connectivity index (χ0) is 38.7. The van der Waals surface area contributed by atoms with Gasteiger partial charge in [0.25, 0.3) is 0 Å². The lowest BCUT2D eigenvalue weighted by Gasteiger charge is -2.41. The van der Waals surface area contributed by atoms with Crippen LogP contribution >= 0.6 is 0 Å². The van der Waals surface area contributed by atoms with Gasteiger partial charge in [0.2, 0.25) is 5.78 Å². The van der Waals surface area contributed by atoms with Crippen molar-refractivity contribution in [2.75, 3.05) is 16.0 Å². The molecule has 2 heterocycles. The zero-order valence-corrected chi connectivity index (χ0v) is 31.7. The molecule has 13 rings (SSSR count). The van der Waals surface area contributed by atoms with Gasteiger partial charge in [0.1, 0.15) is 5.76 Å². The topological polar surface area (TPSA) is 85.8 Å². The first kappa shape index (κ1) is 31.7. The quantitative estimate of drug-likeness (QED) is 0.134. The maximum Gasteiger partial charge on any atom is 0.201 e. The number of rotatable bonds is 1. The van der Waals surface area contributed by atoms with Crippen LogP contribution in [0.5, 0.6) is 0 Å². The summed E-state index contributed by atoms with van der Waals surface area (Å²) < 4.78 is 0. The molecule has 0 amide bonds. The van der Waals surface area contributed by atoms with E-state index in [9.17, 15) is 9.90 Å². The van der Waals surface area contributed by atoms with E-state index in [0.29, 0.717) is 21.7 Å². The molecule has 4 N–H and O–H groups in total. The second-order valence-corrected chi connectivity index (χ2v) is 16.3. The summed E-state index contributed by atoms with van der Waals surface area (Å²) in [6.07, 6.45) is 0. The van der Waals surface area contributed by atoms with Crippen molar-refractivity contribution >= 4 is 55.5 Å². The predicted octanol–water partition coefficient (Wildman–Crippen LogP) is 9.96. The van der Waals surface area contributed by atoms with Crippen LogP contribution in [0, 0.1) is 13.8 Å². The van der Waals surface area contributed by atoms with Crippen LogP contribution in [-0.2, 0) is 16.1 Å². The van der Waals surface area contributed by atoms with Crippen LogP contribution in [-0.4, -0.2) is 10.9 Å². The van der Waals surface area contributed by atoms with E-state index in [2.05, 4.69) is 151 Å². The fourth-order valence-corrected chi connectivity index (χ4v) is 10.6. The number of anilines is 3. The van der Waals surface area contributed by atoms with Gasteiger partial charge in [0.15, 0.2) is 11.3 Å². The van der Waals surface area contributed by atoms with Gasteiger partial charge in [-0.15, -0.1) is 0 Å². The summed E-state index contributed by atoms with van der Waals surface area (Å²) in [5, 5.41) is 29.4. The van der Waals surface area contributed by atoms with E-state index in [1.54, 1.807) is 0 Å². The fourth-order valence-electron chi connectivity index (χ4n) is 10.6. The molecule has 0 saturated carbocycles. The number of Topliss-reactive ketones (excluding diaryl/α,β-unsaturated/α-hetero) is 1. The van der Waals surface area contributed by atoms with Crippen LogP contribution in [0.4, 0.5) is 17.1 Å². The summed E-state index contributed by atoms with van der Waals surface area (Å²) in [5.41, 5.74) is 13.5. The van der Waals surface area contributed by atoms with Crippen LogP contribution in [0.15, 0.2) is 156 Å². The maximum atomic E-state index is 14.9. The lowest BCUT2D eigenvalue weighted by molar-refractivity contribution is -0.109. The Kier molecular flexibility index (Phi) is 5.85. The van der Waals surface area contributed by atoms with E-state index in [0.717, 1.165) is 94.2 Å². The zero-order valence-electron chi connectivity index (χ0n) is 31.7. The summed E-state index contributed by atoms with van der Waals surface area (Å²) in [4.78, 5) is 20.6. The Bertz CT molecular complexity index is 3450. The first-order valence-electron chi connectivity index (χ1n) is 19.8. The molecule has 0 radical (unpaired) electrons. The van der Waals surface area contributed by atoms with Crippen molar-refractivity contribution < 1.29 is 9.90 Å². The second-order valence-electron chi connectivity index (χ2n) is 16.3. The van der Waals surface area contributed by atoms with Crippen molar-refractivity contribution in [2.24, 2.45) is 4.99 Å². The molecule has 0 bridgehead atoms. The van der Waals surface area contributed by atoms with Crippen molar-refractivity contribution in [3.63, 3.8) is 0 Å². The Morgan fingerprint density at radius 2 is 1.12 bits per heavy atom. The molecule has 2 spiro atoms. The number of hydrogen-bond donors (Lipinski definition) is 4. The van der Waals surface area contributed by atoms with Gasteiger partial charge in [0, 0.05) is 55.2 Å². The van der Waals surface area contributed by atoms with Crippen molar-refractivity contribution in [1.29, 1.82) is 0 Å². The summed E-state index contributed by atoms with van der Waals surface area (Å²) in [6.45, 7) is 4.22. The molecule has 58 heavy (non-hydrogen) atoms. The third-order valence-electron chi connectivity index (χ3n) is 13.1. The predicted molar refractivity (Wildman–Crippen MR) is 232 cm³/mol.